The van der Waals surface area contributed by atoms with Crippen molar-refractivity contribution in [3.05, 3.63) is 35.4 Å². The third-order valence-corrected chi connectivity index (χ3v) is 5.41. The first-order chi connectivity index (χ1) is 12.4. The summed E-state index contributed by atoms with van der Waals surface area (Å²) in [6, 6.07) is 8.64. The number of benzene rings is 1. The zero-order valence-electron chi connectivity index (χ0n) is 16.1. The normalized spacial score (nSPS) is 22.0. The van der Waals surface area contributed by atoms with Crippen molar-refractivity contribution in [2.24, 2.45) is 0 Å². The molecular formula is C21H32N2O3. The number of ether oxygens (including phenoxy) is 1. The van der Waals surface area contributed by atoms with Gasteiger partial charge in [0.05, 0.1) is 24.9 Å². The Labute approximate surface area is 156 Å². The minimum Gasteiger partial charge on any atom is -0.390 e. The van der Waals surface area contributed by atoms with E-state index in [0.29, 0.717) is 13.2 Å². The number of amides is 1. The van der Waals surface area contributed by atoms with Gasteiger partial charge in [-0.25, -0.2) is 0 Å². The molecule has 0 saturated carbocycles. The number of aryl methyl sites for hydroxylation is 1. The first kappa shape index (κ1) is 19.3. The monoisotopic (exact) mass is 360 g/mol. The summed E-state index contributed by atoms with van der Waals surface area (Å²) >= 11 is 0. The van der Waals surface area contributed by atoms with Gasteiger partial charge < -0.3 is 14.7 Å². The molecule has 1 amide bonds. The van der Waals surface area contributed by atoms with Gasteiger partial charge in [-0.15, -0.1) is 0 Å². The summed E-state index contributed by atoms with van der Waals surface area (Å²) in [5, 5.41) is 9.86. The van der Waals surface area contributed by atoms with Crippen molar-refractivity contribution in [1.29, 1.82) is 0 Å². The molecule has 0 unspecified atom stereocenters. The molecule has 2 aliphatic rings. The lowest BCUT2D eigenvalue weighted by atomic mass is 9.98. The van der Waals surface area contributed by atoms with E-state index >= 15 is 0 Å². The van der Waals surface area contributed by atoms with Gasteiger partial charge in [0.25, 0.3) is 0 Å². The van der Waals surface area contributed by atoms with Crippen LogP contribution in [0.2, 0.25) is 0 Å². The van der Waals surface area contributed by atoms with Crippen molar-refractivity contribution in [3.63, 3.8) is 0 Å². The number of morpholine rings is 1. The highest BCUT2D eigenvalue weighted by Gasteiger charge is 2.34. The third kappa shape index (κ3) is 5.29. The van der Waals surface area contributed by atoms with Crippen molar-refractivity contribution in [2.75, 3.05) is 32.8 Å². The minimum absolute atomic E-state index is 0.0166. The molecule has 1 aromatic rings. The molecular weight excluding hydrogens is 328 g/mol. The summed E-state index contributed by atoms with van der Waals surface area (Å²) in [7, 11) is 0. The molecule has 5 heteroatoms. The van der Waals surface area contributed by atoms with Gasteiger partial charge in [0.1, 0.15) is 0 Å². The van der Waals surface area contributed by atoms with Crippen molar-refractivity contribution < 1.29 is 14.6 Å². The molecule has 2 saturated heterocycles. The van der Waals surface area contributed by atoms with E-state index < -0.39 is 5.60 Å². The molecule has 0 radical (unpaired) electrons. The number of rotatable bonds is 6. The predicted octanol–water partition coefficient (Wildman–Crippen LogP) is 2.21. The maximum atomic E-state index is 12.8. The van der Waals surface area contributed by atoms with Crippen molar-refractivity contribution in [1.82, 2.24) is 9.80 Å². The van der Waals surface area contributed by atoms with Crippen molar-refractivity contribution in [3.8, 4) is 0 Å². The minimum atomic E-state index is -0.624. The van der Waals surface area contributed by atoms with E-state index in [9.17, 15) is 9.90 Å². The van der Waals surface area contributed by atoms with E-state index in [1.54, 1.807) is 0 Å². The van der Waals surface area contributed by atoms with Gasteiger partial charge in [0, 0.05) is 19.6 Å². The molecule has 2 fully saturated rings. The second-order valence-electron chi connectivity index (χ2n) is 8.20. The summed E-state index contributed by atoms with van der Waals surface area (Å²) in [5.74, 6) is 0.271. The SMILES string of the molecule is CC(C)(O)CCc1ccc(CN2CCC[C@H]2C(=O)N2CCOCC2)cc1. The Morgan fingerprint density at radius 2 is 1.81 bits per heavy atom. The maximum Gasteiger partial charge on any atom is 0.240 e. The molecule has 0 bridgehead atoms. The van der Waals surface area contributed by atoms with Crippen LogP contribution in [-0.4, -0.2) is 65.3 Å². The van der Waals surface area contributed by atoms with Gasteiger partial charge in [-0.3, -0.25) is 9.69 Å². The Bertz CT molecular complexity index is 588. The average Bonchev–Trinajstić information content (AvgIpc) is 3.09. The molecule has 0 aliphatic carbocycles. The Morgan fingerprint density at radius 3 is 2.46 bits per heavy atom. The van der Waals surface area contributed by atoms with Crippen molar-refractivity contribution >= 4 is 5.91 Å². The van der Waals surface area contributed by atoms with Crippen LogP contribution in [0.1, 0.15) is 44.2 Å². The van der Waals surface area contributed by atoms with Gasteiger partial charge in [-0.2, -0.15) is 0 Å². The Balaban J connectivity index is 1.56. The average molecular weight is 360 g/mol. The van der Waals surface area contributed by atoms with E-state index in [-0.39, 0.29) is 11.9 Å². The van der Waals surface area contributed by atoms with E-state index in [2.05, 4.69) is 29.2 Å². The van der Waals surface area contributed by atoms with Crippen LogP contribution in [0.25, 0.3) is 0 Å². The molecule has 1 aromatic carbocycles. The largest absolute Gasteiger partial charge is 0.390 e. The highest BCUT2D eigenvalue weighted by molar-refractivity contribution is 5.82. The molecule has 0 spiro atoms. The highest BCUT2D eigenvalue weighted by atomic mass is 16.5. The molecule has 3 rings (SSSR count). The third-order valence-electron chi connectivity index (χ3n) is 5.41. The molecule has 1 atom stereocenters. The van der Waals surface area contributed by atoms with Gasteiger partial charge in [0.15, 0.2) is 0 Å². The fraction of sp³-hybridized carbons (Fsp3) is 0.667. The standard InChI is InChI=1S/C21H32N2O3/c1-21(2,25)10-9-17-5-7-18(8-6-17)16-23-11-3-4-19(23)20(24)22-12-14-26-15-13-22/h5-8,19,25H,3-4,9-16H2,1-2H3/t19-/m0/s1. The summed E-state index contributed by atoms with van der Waals surface area (Å²) < 4.78 is 5.36. The Kier molecular flexibility index (Phi) is 6.33. The molecule has 0 aromatic heterocycles. The molecule has 26 heavy (non-hydrogen) atoms. The number of likely N-dealkylation sites (tertiary alicyclic amines) is 1. The number of carbonyl (C=O) groups is 1. The molecule has 2 aliphatic heterocycles. The first-order valence-corrected chi connectivity index (χ1v) is 9.83. The second kappa shape index (κ2) is 8.51. The van der Waals surface area contributed by atoms with Gasteiger partial charge in [-0.05, 0) is 57.2 Å². The number of hydrogen-bond acceptors (Lipinski definition) is 4. The number of nitrogens with zero attached hydrogens (tertiary/aromatic N) is 2. The van der Waals surface area contributed by atoms with E-state index in [0.717, 1.165) is 51.9 Å². The zero-order valence-corrected chi connectivity index (χ0v) is 16.1. The molecule has 144 valence electrons. The molecule has 2 heterocycles. The van der Waals surface area contributed by atoms with Crippen LogP contribution in [0.5, 0.6) is 0 Å². The fourth-order valence-electron chi connectivity index (χ4n) is 3.79. The highest BCUT2D eigenvalue weighted by Crippen LogP contribution is 2.23. The summed E-state index contributed by atoms with van der Waals surface area (Å²) in [4.78, 5) is 17.1. The first-order valence-electron chi connectivity index (χ1n) is 9.83. The topological polar surface area (TPSA) is 53.0 Å². The lowest BCUT2D eigenvalue weighted by Crippen LogP contribution is -2.49. The van der Waals surface area contributed by atoms with E-state index in [1.165, 1.54) is 11.1 Å². The lowest BCUT2D eigenvalue weighted by molar-refractivity contribution is -0.140. The zero-order chi connectivity index (χ0) is 18.6. The van der Waals surface area contributed by atoms with E-state index in [4.69, 9.17) is 4.74 Å². The summed E-state index contributed by atoms with van der Waals surface area (Å²) in [5.41, 5.74) is 1.87. The fourth-order valence-corrected chi connectivity index (χ4v) is 3.79. The van der Waals surface area contributed by atoms with Crippen LogP contribution in [0.15, 0.2) is 24.3 Å². The smallest absolute Gasteiger partial charge is 0.240 e. The summed E-state index contributed by atoms with van der Waals surface area (Å²) in [6.45, 7) is 8.27. The van der Waals surface area contributed by atoms with Gasteiger partial charge >= 0.3 is 0 Å². The second-order valence-corrected chi connectivity index (χ2v) is 8.20. The van der Waals surface area contributed by atoms with E-state index in [1.807, 2.05) is 18.7 Å². The molecule has 1 N–H and O–H groups in total. The number of carbonyl (C=O) groups excluding carboxylic acids is 1. The quantitative estimate of drug-likeness (QED) is 0.845. The lowest BCUT2D eigenvalue weighted by Gasteiger charge is -2.32. The molecule has 5 nitrogen and oxygen atoms in total. The van der Waals surface area contributed by atoms with Crippen molar-refractivity contribution in [2.45, 2.75) is 57.7 Å². The number of aliphatic hydroxyl groups is 1. The van der Waals surface area contributed by atoms with Crippen LogP contribution in [-0.2, 0) is 22.5 Å². The van der Waals surface area contributed by atoms with Crippen LogP contribution >= 0.6 is 0 Å². The maximum absolute atomic E-state index is 12.8. The van der Waals surface area contributed by atoms with Crippen LogP contribution in [0, 0.1) is 0 Å². The van der Waals surface area contributed by atoms with Crippen LogP contribution in [0.3, 0.4) is 0 Å². The van der Waals surface area contributed by atoms with Gasteiger partial charge in [-0.1, -0.05) is 24.3 Å². The Hall–Kier alpha value is -1.43. The van der Waals surface area contributed by atoms with Crippen LogP contribution < -0.4 is 0 Å². The predicted molar refractivity (Wildman–Crippen MR) is 102 cm³/mol. The number of hydrogen-bond donors (Lipinski definition) is 1. The summed E-state index contributed by atoms with van der Waals surface area (Å²) in [6.07, 6.45) is 3.69. The van der Waals surface area contributed by atoms with Crippen LogP contribution in [0.4, 0.5) is 0 Å². The Morgan fingerprint density at radius 1 is 1.15 bits per heavy atom. The van der Waals surface area contributed by atoms with Gasteiger partial charge in [0.2, 0.25) is 5.91 Å².